The third-order valence-corrected chi connectivity index (χ3v) is 6.75. The highest BCUT2D eigenvalue weighted by Gasteiger charge is 2.39. The van der Waals surface area contributed by atoms with Gasteiger partial charge in [0, 0.05) is 37.1 Å². The molecule has 0 aromatic heterocycles. The Labute approximate surface area is 186 Å². The molecule has 1 fully saturated rings. The van der Waals surface area contributed by atoms with E-state index in [9.17, 15) is 9.18 Å². The number of amides is 1. The fraction of sp³-hybridized carbons (Fsp3) is 0.519. The normalized spacial score (nSPS) is 21.3. The summed E-state index contributed by atoms with van der Waals surface area (Å²) in [6.07, 6.45) is 3.36. The molecule has 2 atom stereocenters. The number of benzene rings is 2. The summed E-state index contributed by atoms with van der Waals surface area (Å²) >= 11 is 0. The van der Waals surface area contributed by atoms with Crippen molar-refractivity contribution in [3.05, 3.63) is 71.0 Å². The highest BCUT2D eigenvalue weighted by Crippen LogP contribution is 2.42. The van der Waals surface area contributed by atoms with E-state index in [0.717, 1.165) is 25.9 Å². The number of carbonyl (C=O) groups excluding carboxylic acids is 1. The summed E-state index contributed by atoms with van der Waals surface area (Å²) in [7, 11) is 0. The molecule has 2 aromatic rings. The molecule has 0 radical (unpaired) electrons. The largest absolute Gasteiger partial charge is 0.378 e. The number of carbonyl (C=O) groups is 1. The third kappa shape index (κ3) is 5.74. The van der Waals surface area contributed by atoms with Gasteiger partial charge in [0.05, 0.1) is 6.10 Å². The summed E-state index contributed by atoms with van der Waals surface area (Å²) < 4.78 is 20.4. The Hall–Kier alpha value is -2.20. The number of rotatable bonds is 8. The van der Waals surface area contributed by atoms with Crippen LogP contribution >= 0.6 is 0 Å². The second-order valence-corrected chi connectivity index (χ2v) is 9.26. The smallest absolute Gasteiger partial charge is 0.222 e. The van der Waals surface area contributed by atoms with E-state index in [1.54, 1.807) is 12.1 Å². The molecule has 0 spiro atoms. The topological polar surface area (TPSA) is 29.5 Å². The van der Waals surface area contributed by atoms with Gasteiger partial charge < -0.3 is 9.64 Å². The summed E-state index contributed by atoms with van der Waals surface area (Å²) in [5.41, 5.74) is 3.10. The molecule has 0 saturated carbocycles. The Morgan fingerprint density at radius 2 is 1.90 bits per heavy atom. The molecule has 4 heteroatoms. The van der Waals surface area contributed by atoms with Crippen molar-refractivity contribution in [2.45, 2.75) is 71.4 Å². The fourth-order valence-corrected chi connectivity index (χ4v) is 4.62. The van der Waals surface area contributed by atoms with E-state index in [-0.39, 0.29) is 23.2 Å². The minimum Gasteiger partial charge on any atom is -0.378 e. The standard InChI is InChI=1S/C27H36FNO2/c1-5-26(30)29(19-22-8-6-7-9-24(22)28)16-14-27(23-12-10-21(4)11-13-23)15-17-31-25(18-27)20(2)3/h6-13,20,25H,5,14-19H2,1-4H3/t25-,27-/m0/s1. The number of nitrogens with zero attached hydrogens (tertiary/aromatic N) is 1. The molecule has 1 amide bonds. The lowest BCUT2D eigenvalue weighted by Crippen LogP contribution is -2.43. The molecule has 168 valence electrons. The molecule has 0 aliphatic carbocycles. The molecular weight excluding hydrogens is 389 g/mol. The van der Waals surface area contributed by atoms with Gasteiger partial charge in [-0.3, -0.25) is 4.79 Å². The summed E-state index contributed by atoms with van der Waals surface area (Å²) in [4.78, 5) is 14.6. The van der Waals surface area contributed by atoms with Crippen LogP contribution in [0, 0.1) is 18.7 Å². The SMILES string of the molecule is CCC(=O)N(CC[C@]1(c2ccc(C)cc2)CCO[C@H](C(C)C)C1)Cc1ccccc1F. The lowest BCUT2D eigenvalue weighted by Gasteiger charge is -2.44. The molecule has 2 aromatic carbocycles. The average molecular weight is 426 g/mol. The monoisotopic (exact) mass is 425 g/mol. The van der Waals surface area contributed by atoms with Gasteiger partial charge in [0.1, 0.15) is 5.82 Å². The van der Waals surface area contributed by atoms with Gasteiger partial charge in [0.25, 0.3) is 0 Å². The summed E-state index contributed by atoms with van der Waals surface area (Å²) in [6.45, 7) is 10.0. The van der Waals surface area contributed by atoms with E-state index < -0.39 is 0 Å². The van der Waals surface area contributed by atoms with Gasteiger partial charge in [-0.05, 0) is 43.7 Å². The summed E-state index contributed by atoms with van der Waals surface area (Å²) in [5.74, 6) is 0.252. The lowest BCUT2D eigenvalue weighted by molar-refractivity contribution is -0.132. The van der Waals surface area contributed by atoms with Crippen molar-refractivity contribution in [2.75, 3.05) is 13.2 Å². The van der Waals surface area contributed by atoms with Gasteiger partial charge in [-0.15, -0.1) is 0 Å². The summed E-state index contributed by atoms with van der Waals surface area (Å²) in [5, 5.41) is 0. The fourth-order valence-electron chi connectivity index (χ4n) is 4.62. The van der Waals surface area contributed by atoms with Crippen LogP contribution in [0.3, 0.4) is 0 Å². The van der Waals surface area contributed by atoms with Gasteiger partial charge in [-0.2, -0.15) is 0 Å². The zero-order chi connectivity index (χ0) is 22.4. The highest BCUT2D eigenvalue weighted by atomic mass is 19.1. The molecule has 3 nitrogen and oxygen atoms in total. The zero-order valence-electron chi connectivity index (χ0n) is 19.4. The second kappa shape index (κ2) is 10.4. The van der Waals surface area contributed by atoms with E-state index in [1.165, 1.54) is 17.2 Å². The van der Waals surface area contributed by atoms with E-state index in [4.69, 9.17) is 4.74 Å². The third-order valence-electron chi connectivity index (χ3n) is 6.75. The van der Waals surface area contributed by atoms with Crippen LogP contribution < -0.4 is 0 Å². The Morgan fingerprint density at radius 3 is 2.55 bits per heavy atom. The van der Waals surface area contributed by atoms with Crippen LogP contribution in [0.4, 0.5) is 4.39 Å². The van der Waals surface area contributed by atoms with Gasteiger partial charge in [0.15, 0.2) is 0 Å². The van der Waals surface area contributed by atoms with Crippen molar-refractivity contribution >= 4 is 5.91 Å². The van der Waals surface area contributed by atoms with Crippen LogP contribution in [-0.2, 0) is 21.5 Å². The lowest BCUT2D eigenvalue weighted by atomic mass is 9.68. The molecule has 1 heterocycles. The maximum atomic E-state index is 14.3. The van der Waals surface area contributed by atoms with Crippen molar-refractivity contribution in [2.24, 2.45) is 5.92 Å². The van der Waals surface area contributed by atoms with Gasteiger partial charge >= 0.3 is 0 Å². The van der Waals surface area contributed by atoms with Crippen molar-refractivity contribution < 1.29 is 13.9 Å². The zero-order valence-corrected chi connectivity index (χ0v) is 19.4. The van der Waals surface area contributed by atoms with Crippen LogP contribution in [0.2, 0.25) is 0 Å². The average Bonchev–Trinajstić information content (AvgIpc) is 2.77. The van der Waals surface area contributed by atoms with Gasteiger partial charge in [-0.1, -0.05) is 68.8 Å². The van der Waals surface area contributed by atoms with Crippen molar-refractivity contribution in [3.63, 3.8) is 0 Å². The molecule has 31 heavy (non-hydrogen) atoms. The minimum atomic E-state index is -0.254. The maximum Gasteiger partial charge on any atom is 0.222 e. The Balaban J connectivity index is 1.86. The molecule has 1 saturated heterocycles. The molecule has 1 aliphatic rings. The molecule has 0 N–H and O–H groups in total. The van der Waals surface area contributed by atoms with Crippen LogP contribution in [-0.4, -0.2) is 30.1 Å². The van der Waals surface area contributed by atoms with Crippen LogP contribution in [0.5, 0.6) is 0 Å². The van der Waals surface area contributed by atoms with E-state index in [0.29, 0.717) is 31.0 Å². The Kier molecular flexibility index (Phi) is 7.88. The Morgan fingerprint density at radius 1 is 1.19 bits per heavy atom. The maximum absolute atomic E-state index is 14.3. The number of ether oxygens (including phenoxy) is 1. The number of hydrogen-bond donors (Lipinski definition) is 0. The van der Waals surface area contributed by atoms with Crippen molar-refractivity contribution in [1.29, 1.82) is 0 Å². The van der Waals surface area contributed by atoms with Gasteiger partial charge in [-0.25, -0.2) is 4.39 Å². The minimum absolute atomic E-state index is 0.0393. The van der Waals surface area contributed by atoms with Crippen molar-refractivity contribution in [3.8, 4) is 0 Å². The molecule has 3 rings (SSSR count). The first-order valence-corrected chi connectivity index (χ1v) is 11.5. The first-order chi connectivity index (χ1) is 14.8. The first-order valence-electron chi connectivity index (χ1n) is 11.5. The Bertz CT molecular complexity index is 864. The number of halogens is 1. The van der Waals surface area contributed by atoms with E-state index >= 15 is 0 Å². The highest BCUT2D eigenvalue weighted by molar-refractivity contribution is 5.75. The molecule has 0 bridgehead atoms. The second-order valence-electron chi connectivity index (χ2n) is 9.26. The van der Waals surface area contributed by atoms with Crippen LogP contribution in [0.1, 0.15) is 63.1 Å². The van der Waals surface area contributed by atoms with Gasteiger partial charge in [0.2, 0.25) is 5.91 Å². The number of hydrogen-bond acceptors (Lipinski definition) is 2. The van der Waals surface area contributed by atoms with Crippen molar-refractivity contribution in [1.82, 2.24) is 4.90 Å². The summed E-state index contributed by atoms with van der Waals surface area (Å²) in [6, 6.07) is 15.6. The molecular formula is C27H36FNO2. The van der Waals surface area contributed by atoms with E-state index in [2.05, 4.69) is 45.0 Å². The molecule has 0 unspecified atom stereocenters. The first kappa shape index (κ1) is 23.5. The van der Waals surface area contributed by atoms with Crippen LogP contribution in [0.15, 0.2) is 48.5 Å². The molecule has 1 aliphatic heterocycles. The number of aryl methyl sites for hydroxylation is 1. The van der Waals surface area contributed by atoms with E-state index in [1.807, 2.05) is 17.9 Å². The predicted octanol–water partition coefficient (Wildman–Crippen LogP) is 6.04. The quantitative estimate of drug-likeness (QED) is 0.516. The predicted molar refractivity (Wildman–Crippen MR) is 123 cm³/mol. The van der Waals surface area contributed by atoms with Crippen LogP contribution in [0.25, 0.3) is 0 Å².